The van der Waals surface area contributed by atoms with E-state index >= 15 is 0 Å². The summed E-state index contributed by atoms with van der Waals surface area (Å²) >= 11 is 0. The van der Waals surface area contributed by atoms with Gasteiger partial charge >= 0.3 is 0 Å². The van der Waals surface area contributed by atoms with Crippen molar-refractivity contribution in [2.75, 3.05) is 6.61 Å². The first kappa shape index (κ1) is 15.6. The Kier molecular flexibility index (Phi) is 4.65. The van der Waals surface area contributed by atoms with Crippen LogP contribution in [0.3, 0.4) is 0 Å². The molecule has 0 saturated heterocycles. The number of carbonyl (C=O) groups is 1. The van der Waals surface area contributed by atoms with Crippen LogP contribution in [0.2, 0.25) is 0 Å². The van der Waals surface area contributed by atoms with E-state index in [2.05, 4.69) is 19.2 Å². The molecule has 3 heteroatoms. The third-order valence-corrected chi connectivity index (χ3v) is 4.12. The normalized spacial score (nSPS) is 16.6. The Morgan fingerprint density at radius 1 is 1.17 bits per heavy atom. The van der Waals surface area contributed by atoms with Crippen LogP contribution in [-0.4, -0.2) is 12.5 Å². The molecule has 0 unspecified atom stereocenters. The van der Waals surface area contributed by atoms with Crippen molar-refractivity contribution in [1.82, 2.24) is 5.32 Å². The fourth-order valence-electron chi connectivity index (χ4n) is 3.00. The number of hydrogen-bond donors (Lipinski definition) is 1. The van der Waals surface area contributed by atoms with Gasteiger partial charge in [-0.25, -0.2) is 0 Å². The molecule has 0 spiro atoms. The summed E-state index contributed by atoms with van der Waals surface area (Å²) in [6, 6.07) is 15.8. The molecule has 1 atom stereocenters. The smallest absolute Gasteiger partial charge is 0.251 e. The largest absolute Gasteiger partial charge is 0.493 e. The molecule has 1 aliphatic heterocycles. The zero-order chi connectivity index (χ0) is 16.2. The van der Waals surface area contributed by atoms with Gasteiger partial charge in [0, 0.05) is 17.5 Å². The molecule has 2 aromatic carbocycles. The number of ether oxygens (including phenoxy) is 1. The van der Waals surface area contributed by atoms with Crippen LogP contribution in [0.5, 0.6) is 5.75 Å². The molecule has 2 aromatic rings. The van der Waals surface area contributed by atoms with E-state index in [4.69, 9.17) is 4.74 Å². The maximum atomic E-state index is 12.5. The molecule has 1 N–H and O–H groups in total. The number of carbonyl (C=O) groups excluding carboxylic acids is 1. The fourth-order valence-corrected chi connectivity index (χ4v) is 3.00. The van der Waals surface area contributed by atoms with E-state index in [-0.39, 0.29) is 11.9 Å². The summed E-state index contributed by atoms with van der Waals surface area (Å²) in [5, 5.41) is 3.13. The summed E-state index contributed by atoms with van der Waals surface area (Å²) in [5.41, 5.74) is 3.04. The number of fused-ring (bicyclic) bond motifs is 1. The lowest BCUT2D eigenvalue weighted by atomic mass is 9.99. The average Bonchev–Trinajstić information content (AvgIpc) is 2.55. The van der Waals surface area contributed by atoms with Crippen molar-refractivity contribution in [3.63, 3.8) is 0 Å². The molecule has 0 bridgehead atoms. The summed E-state index contributed by atoms with van der Waals surface area (Å²) in [6.45, 7) is 5.03. The lowest BCUT2D eigenvalue weighted by Gasteiger charge is -2.26. The van der Waals surface area contributed by atoms with Crippen LogP contribution in [0.25, 0.3) is 0 Å². The van der Waals surface area contributed by atoms with Gasteiger partial charge in [0.1, 0.15) is 5.75 Å². The highest BCUT2D eigenvalue weighted by atomic mass is 16.5. The molecular weight excluding hydrogens is 286 g/mol. The molecule has 1 heterocycles. The monoisotopic (exact) mass is 309 g/mol. The van der Waals surface area contributed by atoms with Crippen molar-refractivity contribution < 1.29 is 9.53 Å². The van der Waals surface area contributed by atoms with E-state index in [0.29, 0.717) is 18.1 Å². The molecule has 120 valence electrons. The first-order valence-corrected chi connectivity index (χ1v) is 8.25. The quantitative estimate of drug-likeness (QED) is 0.922. The van der Waals surface area contributed by atoms with Gasteiger partial charge in [0.25, 0.3) is 5.91 Å². The molecule has 3 rings (SSSR count). The zero-order valence-electron chi connectivity index (χ0n) is 13.7. The summed E-state index contributed by atoms with van der Waals surface area (Å²) in [7, 11) is 0. The van der Waals surface area contributed by atoms with Gasteiger partial charge in [-0.05, 0) is 36.1 Å². The Hall–Kier alpha value is -2.29. The fraction of sp³-hybridized carbons (Fsp3) is 0.350. The van der Waals surface area contributed by atoms with Gasteiger partial charge in [0.15, 0.2) is 0 Å². The molecule has 0 saturated carbocycles. The third kappa shape index (κ3) is 3.73. The van der Waals surface area contributed by atoms with E-state index in [1.807, 2.05) is 48.5 Å². The molecule has 0 aliphatic carbocycles. The number of hydrogen-bond acceptors (Lipinski definition) is 2. The van der Waals surface area contributed by atoms with Gasteiger partial charge in [-0.2, -0.15) is 0 Å². The van der Waals surface area contributed by atoms with E-state index in [1.54, 1.807) is 0 Å². The van der Waals surface area contributed by atoms with E-state index in [0.717, 1.165) is 24.2 Å². The number of para-hydroxylation sites is 1. The molecule has 23 heavy (non-hydrogen) atoms. The van der Waals surface area contributed by atoms with Crippen LogP contribution in [0.1, 0.15) is 47.8 Å². The van der Waals surface area contributed by atoms with Crippen LogP contribution in [0, 0.1) is 5.92 Å². The maximum Gasteiger partial charge on any atom is 0.251 e. The minimum absolute atomic E-state index is 0.0165. The Balaban J connectivity index is 1.70. The van der Waals surface area contributed by atoms with E-state index in [9.17, 15) is 4.79 Å². The van der Waals surface area contributed by atoms with Crippen LogP contribution in [-0.2, 0) is 6.42 Å². The summed E-state index contributed by atoms with van der Waals surface area (Å²) < 4.78 is 5.64. The van der Waals surface area contributed by atoms with Crippen molar-refractivity contribution in [3.05, 3.63) is 65.2 Å². The van der Waals surface area contributed by atoms with Crippen molar-refractivity contribution in [2.45, 2.75) is 32.7 Å². The number of nitrogens with one attached hydrogen (secondary N) is 1. The van der Waals surface area contributed by atoms with Gasteiger partial charge in [-0.15, -0.1) is 0 Å². The highest BCUT2D eigenvalue weighted by Gasteiger charge is 2.22. The summed E-state index contributed by atoms with van der Waals surface area (Å²) in [4.78, 5) is 12.5. The Bertz CT molecular complexity index is 676. The molecule has 1 aliphatic rings. The standard InChI is InChI=1S/C20H23NO2/c1-14(2)13-15-7-9-16(10-8-15)20(22)21-18-11-12-23-19-6-4-3-5-17(18)19/h3-10,14,18H,11-13H2,1-2H3,(H,21,22)/t18-/m0/s1. The molecule has 0 fully saturated rings. The summed E-state index contributed by atoms with van der Waals surface area (Å²) in [5.74, 6) is 1.47. The second kappa shape index (κ2) is 6.86. The number of amides is 1. The summed E-state index contributed by atoms with van der Waals surface area (Å²) in [6.07, 6.45) is 1.84. The lowest BCUT2D eigenvalue weighted by molar-refractivity contribution is 0.0925. The predicted molar refractivity (Wildman–Crippen MR) is 91.7 cm³/mol. The Morgan fingerprint density at radius 3 is 2.65 bits per heavy atom. The van der Waals surface area contributed by atoms with E-state index < -0.39 is 0 Å². The minimum atomic E-state index is -0.0252. The molecule has 0 radical (unpaired) electrons. The third-order valence-electron chi connectivity index (χ3n) is 4.12. The highest BCUT2D eigenvalue weighted by Crippen LogP contribution is 2.31. The number of rotatable bonds is 4. The first-order chi connectivity index (χ1) is 11.1. The second-order valence-electron chi connectivity index (χ2n) is 6.50. The Labute approximate surface area is 137 Å². The van der Waals surface area contributed by atoms with Gasteiger partial charge in [0.2, 0.25) is 0 Å². The van der Waals surface area contributed by atoms with Crippen molar-refractivity contribution in [3.8, 4) is 5.75 Å². The topological polar surface area (TPSA) is 38.3 Å². The molecule has 3 nitrogen and oxygen atoms in total. The lowest BCUT2D eigenvalue weighted by Crippen LogP contribution is -2.32. The predicted octanol–water partition coefficient (Wildman–Crippen LogP) is 4.14. The van der Waals surface area contributed by atoms with Crippen LogP contribution < -0.4 is 10.1 Å². The SMILES string of the molecule is CC(C)Cc1ccc(C(=O)N[C@H]2CCOc3ccccc32)cc1. The highest BCUT2D eigenvalue weighted by molar-refractivity contribution is 5.94. The minimum Gasteiger partial charge on any atom is -0.493 e. The molecular formula is C20H23NO2. The van der Waals surface area contributed by atoms with Crippen LogP contribution in [0.4, 0.5) is 0 Å². The zero-order valence-corrected chi connectivity index (χ0v) is 13.7. The maximum absolute atomic E-state index is 12.5. The van der Waals surface area contributed by atoms with Crippen molar-refractivity contribution >= 4 is 5.91 Å². The van der Waals surface area contributed by atoms with Gasteiger partial charge < -0.3 is 10.1 Å². The molecule has 0 aromatic heterocycles. The van der Waals surface area contributed by atoms with E-state index in [1.165, 1.54) is 5.56 Å². The van der Waals surface area contributed by atoms with Crippen molar-refractivity contribution in [2.24, 2.45) is 5.92 Å². The van der Waals surface area contributed by atoms with Crippen LogP contribution >= 0.6 is 0 Å². The van der Waals surface area contributed by atoms with Crippen molar-refractivity contribution in [1.29, 1.82) is 0 Å². The van der Waals surface area contributed by atoms with Gasteiger partial charge in [-0.1, -0.05) is 44.2 Å². The number of benzene rings is 2. The molecule has 1 amide bonds. The first-order valence-electron chi connectivity index (χ1n) is 8.25. The Morgan fingerprint density at radius 2 is 1.91 bits per heavy atom. The van der Waals surface area contributed by atoms with Crippen LogP contribution in [0.15, 0.2) is 48.5 Å². The van der Waals surface area contributed by atoms with Gasteiger partial charge in [0.05, 0.1) is 12.6 Å². The average molecular weight is 309 g/mol. The second-order valence-corrected chi connectivity index (χ2v) is 6.50. The van der Waals surface area contributed by atoms with Gasteiger partial charge in [-0.3, -0.25) is 4.79 Å².